The highest BCUT2D eigenvalue weighted by Crippen LogP contribution is 2.20. The molecule has 0 radical (unpaired) electrons. The Morgan fingerprint density at radius 3 is 2.52 bits per heavy atom. The first-order valence-electron chi connectivity index (χ1n) is 9.40. The first-order chi connectivity index (χ1) is 11.3. The van der Waals surface area contributed by atoms with Crippen molar-refractivity contribution in [3.8, 4) is 0 Å². The molecule has 3 heterocycles. The fourth-order valence-corrected chi connectivity index (χ4v) is 3.97. The highest BCUT2D eigenvalue weighted by atomic mass is 16.5. The fraction of sp³-hybridized carbons (Fsp3) is 0.941. The summed E-state index contributed by atoms with van der Waals surface area (Å²) in [5.74, 6) is 0. The van der Waals surface area contributed by atoms with Crippen LogP contribution < -0.4 is 5.32 Å². The molecule has 3 rings (SSSR count). The molecule has 3 aliphatic heterocycles. The van der Waals surface area contributed by atoms with E-state index in [2.05, 4.69) is 20.0 Å². The number of carbonyl (C=O) groups is 1. The van der Waals surface area contributed by atoms with E-state index >= 15 is 0 Å². The topological polar surface area (TPSA) is 48.1 Å². The van der Waals surface area contributed by atoms with Crippen LogP contribution >= 0.6 is 0 Å². The van der Waals surface area contributed by atoms with Gasteiger partial charge < -0.3 is 15.0 Å². The highest BCUT2D eigenvalue weighted by molar-refractivity contribution is 5.74. The van der Waals surface area contributed by atoms with Crippen molar-refractivity contribution in [2.24, 2.45) is 0 Å². The van der Waals surface area contributed by atoms with E-state index in [4.69, 9.17) is 4.74 Å². The number of nitrogens with one attached hydrogen (secondary N) is 1. The van der Waals surface area contributed by atoms with E-state index in [1.54, 1.807) is 0 Å². The number of rotatable bonds is 4. The number of hydrogen-bond acceptors (Lipinski definition) is 4. The lowest BCUT2D eigenvalue weighted by Gasteiger charge is -2.31. The molecule has 0 aromatic rings. The van der Waals surface area contributed by atoms with E-state index in [1.807, 2.05) is 0 Å². The second-order valence-electron chi connectivity index (χ2n) is 7.02. The van der Waals surface area contributed by atoms with Gasteiger partial charge in [-0.05, 0) is 38.8 Å². The number of amides is 2. The zero-order valence-electron chi connectivity index (χ0n) is 14.3. The predicted octanol–water partition coefficient (Wildman–Crippen LogP) is 0.979. The van der Waals surface area contributed by atoms with Gasteiger partial charge in [-0.2, -0.15) is 0 Å². The summed E-state index contributed by atoms with van der Waals surface area (Å²) in [6, 6.07) is 0.703. The van der Waals surface area contributed by atoms with Crippen LogP contribution in [0.2, 0.25) is 0 Å². The Morgan fingerprint density at radius 1 is 1.00 bits per heavy atom. The number of nitrogens with zero attached hydrogens (tertiary/aromatic N) is 3. The molecule has 6 nitrogen and oxygen atoms in total. The monoisotopic (exact) mass is 324 g/mol. The third-order valence-corrected chi connectivity index (χ3v) is 5.40. The number of urea groups is 1. The molecule has 0 aliphatic carbocycles. The van der Waals surface area contributed by atoms with Gasteiger partial charge in [0.25, 0.3) is 0 Å². The van der Waals surface area contributed by atoms with Gasteiger partial charge in [0.15, 0.2) is 0 Å². The van der Waals surface area contributed by atoms with Crippen LogP contribution in [0.4, 0.5) is 4.79 Å². The molecule has 23 heavy (non-hydrogen) atoms. The van der Waals surface area contributed by atoms with Gasteiger partial charge in [0.1, 0.15) is 0 Å². The Morgan fingerprint density at radius 2 is 1.74 bits per heavy atom. The summed E-state index contributed by atoms with van der Waals surface area (Å²) in [4.78, 5) is 19.5. The maximum Gasteiger partial charge on any atom is 0.317 e. The molecular weight excluding hydrogens is 292 g/mol. The summed E-state index contributed by atoms with van der Waals surface area (Å²) in [6.07, 6.45) is 6.28. The van der Waals surface area contributed by atoms with Crippen LogP contribution in [0.15, 0.2) is 0 Å². The minimum atomic E-state index is 0.129. The molecule has 1 atom stereocenters. The second kappa shape index (κ2) is 8.85. The largest absolute Gasteiger partial charge is 0.379 e. The lowest BCUT2D eigenvalue weighted by Crippen LogP contribution is -2.49. The van der Waals surface area contributed by atoms with Gasteiger partial charge in [0.2, 0.25) is 0 Å². The summed E-state index contributed by atoms with van der Waals surface area (Å²) in [7, 11) is 0. The molecule has 0 saturated carbocycles. The average molecular weight is 324 g/mol. The van der Waals surface area contributed by atoms with Crippen molar-refractivity contribution < 1.29 is 9.53 Å². The smallest absolute Gasteiger partial charge is 0.317 e. The number of likely N-dealkylation sites (tertiary alicyclic amines) is 2. The normalized spacial score (nSPS) is 27.8. The van der Waals surface area contributed by atoms with E-state index in [1.165, 1.54) is 38.8 Å². The summed E-state index contributed by atoms with van der Waals surface area (Å²) < 4.78 is 5.35. The van der Waals surface area contributed by atoms with Gasteiger partial charge in [0.05, 0.1) is 13.2 Å². The quantitative estimate of drug-likeness (QED) is 0.837. The molecule has 2 amide bonds. The Kier molecular flexibility index (Phi) is 6.54. The fourth-order valence-electron chi connectivity index (χ4n) is 3.97. The first kappa shape index (κ1) is 17.0. The van der Waals surface area contributed by atoms with Crippen molar-refractivity contribution >= 4 is 6.03 Å². The van der Waals surface area contributed by atoms with Crippen LogP contribution in [0, 0.1) is 0 Å². The Hall–Kier alpha value is -0.850. The van der Waals surface area contributed by atoms with E-state index in [-0.39, 0.29) is 6.03 Å². The van der Waals surface area contributed by atoms with Crippen LogP contribution in [0.25, 0.3) is 0 Å². The van der Waals surface area contributed by atoms with E-state index < -0.39 is 0 Å². The standard InChI is InChI=1S/C17H32N4O2/c22-17(18-6-10-19-11-13-23-14-12-19)21-9-2-1-5-16(15-21)20-7-3-4-8-20/h16H,1-15H2,(H,18,22). The summed E-state index contributed by atoms with van der Waals surface area (Å²) in [5.41, 5.74) is 0. The van der Waals surface area contributed by atoms with Crippen molar-refractivity contribution in [2.75, 3.05) is 65.6 Å². The molecule has 6 heteroatoms. The zero-order valence-corrected chi connectivity index (χ0v) is 14.3. The third-order valence-electron chi connectivity index (χ3n) is 5.40. The second-order valence-corrected chi connectivity index (χ2v) is 7.02. The molecular formula is C17H32N4O2. The molecule has 132 valence electrons. The van der Waals surface area contributed by atoms with Gasteiger partial charge in [0, 0.05) is 45.3 Å². The van der Waals surface area contributed by atoms with Crippen LogP contribution in [-0.2, 0) is 4.74 Å². The predicted molar refractivity (Wildman–Crippen MR) is 90.7 cm³/mol. The van der Waals surface area contributed by atoms with Gasteiger partial charge in [-0.25, -0.2) is 4.79 Å². The average Bonchev–Trinajstić information content (AvgIpc) is 3.00. The van der Waals surface area contributed by atoms with Gasteiger partial charge in [-0.3, -0.25) is 9.80 Å². The van der Waals surface area contributed by atoms with Crippen molar-refractivity contribution in [3.63, 3.8) is 0 Å². The molecule has 1 unspecified atom stereocenters. The Bertz CT molecular complexity index is 368. The summed E-state index contributed by atoms with van der Waals surface area (Å²) in [6.45, 7) is 9.52. The number of ether oxygens (including phenoxy) is 1. The zero-order chi connectivity index (χ0) is 15.9. The molecule has 0 aromatic carbocycles. The third kappa shape index (κ3) is 5.06. The molecule has 0 bridgehead atoms. The maximum atomic E-state index is 12.5. The van der Waals surface area contributed by atoms with Crippen LogP contribution in [-0.4, -0.2) is 92.3 Å². The number of morpholine rings is 1. The van der Waals surface area contributed by atoms with Crippen LogP contribution in [0.5, 0.6) is 0 Å². The lowest BCUT2D eigenvalue weighted by molar-refractivity contribution is 0.0385. The number of hydrogen-bond donors (Lipinski definition) is 1. The molecule has 0 spiro atoms. The van der Waals surface area contributed by atoms with Gasteiger partial charge in [-0.1, -0.05) is 6.42 Å². The van der Waals surface area contributed by atoms with Gasteiger partial charge >= 0.3 is 6.03 Å². The lowest BCUT2D eigenvalue weighted by atomic mass is 10.1. The molecule has 3 saturated heterocycles. The highest BCUT2D eigenvalue weighted by Gasteiger charge is 2.27. The molecule has 0 aromatic heterocycles. The maximum absolute atomic E-state index is 12.5. The number of carbonyl (C=O) groups excluding carboxylic acids is 1. The Balaban J connectivity index is 1.41. The van der Waals surface area contributed by atoms with Gasteiger partial charge in [-0.15, -0.1) is 0 Å². The summed E-state index contributed by atoms with van der Waals surface area (Å²) >= 11 is 0. The molecule has 1 N–H and O–H groups in total. The van der Waals surface area contributed by atoms with Crippen molar-refractivity contribution in [3.05, 3.63) is 0 Å². The van der Waals surface area contributed by atoms with E-state index in [9.17, 15) is 4.79 Å². The SMILES string of the molecule is O=C(NCCN1CCOCC1)N1CCCCC(N2CCCC2)C1. The van der Waals surface area contributed by atoms with Crippen LogP contribution in [0.1, 0.15) is 32.1 Å². The first-order valence-corrected chi connectivity index (χ1v) is 9.40. The van der Waals surface area contributed by atoms with Crippen molar-refractivity contribution in [2.45, 2.75) is 38.1 Å². The minimum absolute atomic E-state index is 0.129. The Labute approximate surface area is 140 Å². The van der Waals surface area contributed by atoms with E-state index in [0.717, 1.165) is 58.9 Å². The van der Waals surface area contributed by atoms with Crippen molar-refractivity contribution in [1.82, 2.24) is 20.0 Å². The molecule has 3 fully saturated rings. The minimum Gasteiger partial charge on any atom is -0.379 e. The summed E-state index contributed by atoms with van der Waals surface area (Å²) in [5, 5.41) is 3.12. The van der Waals surface area contributed by atoms with Crippen LogP contribution in [0.3, 0.4) is 0 Å². The van der Waals surface area contributed by atoms with Crippen molar-refractivity contribution in [1.29, 1.82) is 0 Å². The van der Waals surface area contributed by atoms with E-state index in [0.29, 0.717) is 6.04 Å². The molecule has 3 aliphatic rings.